The molecule has 0 aromatic rings. The molecular weight excluding hydrogens is 1070 g/mol. The first-order valence-electron chi connectivity index (χ1n) is 39.8. The number of unbranched alkanes of at least 4 members (excludes halogenated alkanes) is 60. The van der Waals surface area contributed by atoms with Crippen molar-refractivity contribution >= 4 is 11.9 Å². The van der Waals surface area contributed by atoms with Crippen LogP contribution in [0.25, 0.3) is 0 Å². The average Bonchev–Trinajstić information content (AvgIpc) is 3.53. The van der Waals surface area contributed by atoms with Gasteiger partial charge in [0.15, 0.2) is 0 Å². The van der Waals surface area contributed by atoms with E-state index in [-0.39, 0.29) is 18.5 Å². The first-order valence-corrected chi connectivity index (χ1v) is 39.8. The standard InChI is InChI=1S/C81H155NO5/c1-3-5-7-9-11-13-15-17-19-21-42-45-49-53-57-61-65-69-73-79(84)78(77-83)82-80(85)74-70-66-62-58-54-50-46-43-39-37-35-33-31-29-27-25-23-22-24-26-28-30-32-34-36-38-40-44-48-52-56-60-64-68-72-76-87-81(86)75-71-67-63-59-55-51-47-41-20-18-16-14-12-10-8-6-4-2/h18,20,24,26,69,73,78-79,83-84H,3-17,19,21-23,25,27-68,70-72,74-77H2,1-2H3,(H,82,85)/b20-18-,26-24-,73-69+. The third kappa shape index (κ3) is 73.0. The number of allylic oxidation sites excluding steroid dienone is 5. The Morgan fingerprint density at radius 2 is 0.540 bits per heavy atom. The second kappa shape index (κ2) is 76.5. The number of carbonyl (C=O) groups is 2. The summed E-state index contributed by atoms with van der Waals surface area (Å²) in [5.74, 6) is -0.0433. The Morgan fingerprint density at radius 3 is 0.816 bits per heavy atom. The van der Waals surface area contributed by atoms with Gasteiger partial charge in [-0.25, -0.2) is 0 Å². The molecule has 0 aromatic heterocycles. The Kier molecular flexibility index (Phi) is 74.8. The molecule has 0 aromatic carbocycles. The van der Waals surface area contributed by atoms with Crippen LogP contribution in [-0.4, -0.2) is 47.4 Å². The molecule has 0 bridgehead atoms. The lowest BCUT2D eigenvalue weighted by molar-refractivity contribution is -0.143. The molecule has 0 heterocycles. The molecule has 2 unspecified atom stereocenters. The maximum absolute atomic E-state index is 12.5. The molecular formula is C81H155NO5. The molecule has 514 valence electrons. The number of esters is 1. The van der Waals surface area contributed by atoms with E-state index in [0.29, 0.717) is 19.4 Å². The van der Waals surface area contributed by atoms with Gasteiger partial charge in [-0.3, -0.25) is 9.59 Å². The number of aliphatic hydroxyl groups is 2. The number of hydrogen-bond acceptors (Lipinski definition) is 5. The molecule has 0 saturated carbocycles. The van der Waals surface area contributed by atoms with E-state index in [2.05, 4.69) is 43.5 Å². The number of amides is 1. The maximum Gasteiger partial charge on any atom is 0.305 e. The van der Waals surface area contributed by atoms with E-state index in [0.717, 1.165) is 44.9 Å². The zero-order valence-corrected chi connectivity index (χ0v) is 59.0. The van der Waals surface area contributed by atoms with Gasteiger partial charge in [0.05, 0.1) is 25.4 Å². The predicted octanol–water partition coefficient (Wildman–Crippen LogP) is 26.2. The van der Waals surface area contributed by atoms with Gasteiger partial charge in [0.2, 0.25) is 5.91 Å². The fraction of sp³-hybridized carbons (Fsp3) is 0.901. The molecule has 0 radical (unpaired) electrons. The van der Waals surface area contributed by atoms with Crippen LogP contribution in [0.4, 0.5) is 0 Å². The van der Waals surface area contributed by atoms with E-state index in [1.165, 1.54) is 372 Å². The van der Waals surface area contributed by atoms with Crippen molar-refractivity contribution in [1.82, 2.24) is 5.32 Å². The topological polar surface area (TPSA) is 95.9 Å². The van der Waals surface area contributed by atoms with Crippen molar-refractivity contribution in [2.45, 2.75) is 456 Å². The SMILES string of the molecule is CCCCCCCC/C=C\CCCCCCCCCC(=O)OCCCCCCCCCCCCCCCC/C=C\CCCCCCCCCCCCCCCCCCCC(=O)NC(CO)C(O)/C=C/CCCCCCCCCCCCCCCCCC. The molecule has 0 aliphatic heterocycles. The number of aliphatic hydroxyl groups excluding tert-OH is 2. The van der Waals surface area contributed by atoms with Crippen molar-refractivity contribution in [3.8, 4) is 0 Å². The van der Waals surface area contributed by atoms with Crippen LogP contribution in [0.1, 0.15) is 444 Å². The Labute approximate surface area is 544 Å². The van der Waals surface area contributed by atoms with Crippen molar-refractivity contribution in [3.05, 3.63) is 36.5 Å². The highest BCUT2D eigenvalue weighted by Crippen LogP contribution is 2.19. The lowest BCUT2D eigenvalue weighted by Crippen LogP contribution is -2.45. The maximum atomic E-state index is 12.5. The van der Waals surface area contributed by atoms with Crippen LogP contribution in [0.2, 0.25) is 0 Å². The molecule has 0 spiro atoms. The normalized spacial score (nSPS) is 12.6. The summed E-state index contributed by atoms with van der Waals surface area (Å²) in [7, 11) is 0. The monoisotopic (exact) mass is 1220 g/mol. The molecule has 0 aliphatic carbocycles. The van der Waals surface area contributed by atoms with Crippen LogP contribution in [0.3, 0.4) is 0 Å². The molecule has 0 fully saturated rings. The minimum Gasteiger partial charge on any atom is -0.466 e. The van der Waals surface area contributed by atoms with E-state index >= 15 is 0 Å². The van der Waals surface area contributed by atoms with Crippen LogP contribution >= 0.6 is 0 Å². The first-order chi connectivity index (χ1) is 43.0. The summed E-state index contributed by atoms with van der Waals surface area (Å²) in [5.41, 5.74) is 0. The van der Waals surface area contributed by atoms with E-state index in [4.69, 9.17) is 4.74 Å². The van der Waals surface area contributed by atoms with Gasteiger partial charge < -0.3 is 20.3 Å². The summed E-state index contributed by atoms with van der Waals surface area (Å²) in [5, 5.41) is 23.2. The van der Waals surface area contributed by atoms with Gasteiger partial charge in [-0.05, 0) is 83.5 Å². The minimum absolute atomic E-state index is 0.0174. The molecule has 2 atom stereocenters. The van der Waals surface area contributed by atoms with Crippen molar-refractivity contribution < 1.29 is 24.5 Å². The number of nitrogens with one attached hydrogen (secondary N) is 1. The summed E-state index contributed by atoms with van der Waals surface area (Å²) in [4.78, 5) is 24.6. The predicted molar refractivity (Wildman–Crippen MR) is 384 cm³/mol. The summed E-state index contributed by atoms with van der Waals surface area (Å²) in [6, 6.07) is -0.626. The number of rotatable bonds is 75. The van der Waals surface area contributed by atoms with Gasteiger partial charge in [-0.2, -0.15) is 0 Å². The van der Waals surface area contributed by atoms with Crippen LogP contribution < -0.4 is 5.32 Å². The Hall–Kier alpha value is -1.92. The van der Waals surface area contributed by atoms with Gasteiger partial charge in [0.25, 0.3) is 0 Å². The quantitative estimate of drug-likeness (QED) is 0.0320. The van der Waals surface area contributed by atoms with Gasteiger partial charge in [0.1, 0.15) is 0 Å². The average molecular weight is 1220 g/mol. The van der Waals surface area contributed by atoms with E-state index < -0.39 is 12.1 Å². The summed E-state index contributed by atoms with van der Waals surface area (Å²) in [6.45, 7) is 4.94. The van der Waals surface area contributed by atoms with Gasteiger partial charge in [-0.1, -0.05) is 384 Å². The van der Waals surface area contributed by atoms with Crippen molar-refractivity contribution in [2.24, 2.45) is 0 Å². The molecule has 0 aliphatic rings. The van der Waals surface area contributed by atoms with Crippen LogP contribution in [0.15, 0.2) is 36.5 Å². The summed E-state index contributed by atoms with van der Waals surface area (Å²) < 4.78 is 5.51. The lowest BCUT2D eigenvalue weighted by atomic mass is 10.0. The molecule has 1 amide bonds. The second-order valence-electron chi connectivity index (χ2n) is 27.4. The molecule has 6 nitrogen and oxygen atoms in total. The second-order valence-corrected chi connectivity index (χ2v) is 27.4. The van der Waals surface area contributed by atoms with Gasteiger partial charge in [-0.15, -0.1) is 0 Å². The molecule has 87 heavy (non-hydrogen) atoms. The van der Waals surface area contributed by atoms with Crippen molar-refractivity contribution in [1.29, 1.82) is 0 Å². The van der Waals surface area contributed by atoms with Crippen LogP contribution in [0, 0.1) is 0 Å². The Bertz CT molecular complexity index is 1410. The highest BCUT2D eigenvalue weighted by molar-refractivity contribution is 5.76. The lowest BCUT2D eigenvalue weighted by Gasteiger charge is -2.20. The minimum atomic E-state index is -0.843. The number of hydrogen-bond donors (Lipinski definition) is 3. The molecule has 0 rings (SSSR count). The van der Waals surface area contributed by atoms with Crippen molar-refractivity contribution in [2.75, 3.05) is 13.2 Å². The van der Waals surface area contributed by atoms with Gasteiger partial charge >= 0.3 is 5.97 Å². The highest BCUT2D eigenvalue weighted by atomic mass is 16.5. The molecule has 0 saturated heterocycles. The largest absolute Gasteiger partial charge is 0.466 e. The summed E-state index contributed by atoms with van der Waals surface area (Å²) in [6.07, 6.45) is 99.8. The van der Waals surface area contributed by atoms with Gasteiger partial charge in [0, 0.05) is 12.8 Å². The number of ether oxygens (including phenoxy) is 1. The molecule has 6 heteroatoms. The smallest absolute Gasteiger partial charge is 0.305 e. The highest BCUT2D eigenvalue weighted by Gasteiger charge is 2.18. The number of carbonyl (C=O) groups excluding carboxylic acids is 2. The third-order valence-corrected chi connectivity index (χ3v) is 18.6. The first kappa shape index (κ1) is 85.1. The molecule has 3 N–H and O–H groups in total. The zero-order valence-electron chi connectivity index (χ0n) is 59.0. The van der Waals surface area contributed by atoms with Crippen molar-refractivity contribution in [3.63, 3.8) is 0 Å². The third-order valence-electron chi connectivity index (χ3n) is 18.6. The Balaban J connectivity index is 3.35. The van der Waals surface area contributed by atoms with Crippen LogP contribution in [-0.2, 0) is 14.3 Å². The van der Waals surface area contributed by atoms with E-state index in [9.17, 15) is 19.8 Å². The fourth-order valence-electron chi connectivity index (χ4n) is 12.6. The van der Waals surface area contributed by atoms with Crippen LogP contribution in [0.5, 0.6) is 0 Å². The Morgan fingerprint density at radius 1 is 0.310 bits per heavy atom. The zero-order chi connectivity index (χ0) is 62.8. The van der Waals surface area contributed by atoms with E-state index in [1.54, 1.807) is 6.08 Å². The fourth-order valence-corrected chi connectivity index (χ4v) is 12.6. The van der Waals surface area contributed by atoms with E-state index in [1.807, 2.05) is 6.08 Å². The summed E-state index contributed by atoms with van der Waals surface area (Å²) >= 11 is 0.